The molecule has 2 N–H and O–H groups in total. The second-order valence-corrected chi connectivity index (χ2v) is 9.39. The van der Waals surface area contributed by atoms with Crippen molar-refractivity contribution in [3.8, 4) is 11.5 Å². The number of amides is 1. The van der Waals surface area contributed by atoms with Crippen LogP contribution in [0.25, 0.3) is 0 Å². The van der Waals surface area contributed by atoms with Gasteiger partial charge in [-0.05, 0) is 67.4 Å². The number of methoxy groups -OCH3 is 1. The Morgan fingerprint density at radius 2 is 1.73 bits per heavy atom. The maximum absolute atomic E-state index is 12.7. The van der Waals surface area contributed by atoms with Gasteiger partial charge in [0.05, 0.1) is 17.7 Å². The van der Waals surface area contributed by atoms with E-state index in [1.165, 1.54) is 24.3 Å². The summed E-state index contributed by atoms with van der Waals surface area (Å²) in [6.07, 6.45) is -0.286. The second kappa shape index (κ2) is 10.6. The minimum atomic E-state index is -3.82. The van der Waals surface area contributed by atoms with Crippen LogP contribution in [-0.4, -0.2) is 27.5 Å². The van der Waals surface area contributed by atoms with Gasteiger partial charge < -0.3 is 14.8 Å². The normalized spacial score (nSPS) is 12.0. The van der Waals surface area contributed by atoms with Crippen molar-refractivity contribution in [2.75, 3.05) is 17.1 Å². The molecule has 33 heavy (non-hydrogen) atoms. The molecule has 0 saturated heterocycles. The molecule has 0 aliphatic heterocycles. The van der Waals surface area contributed by atoms with Crippen LogP contribution in [0.5, 0.6) is 11.5 Å². The highest BCUT2D eigenvalue weighted by molar-refractivity contribution is 7.92. The Morgan fingerprint density at radius 1 is 1.03 bits per heavy atom. The number of sulfonamides is 1. The van der Waals surface area contributed by atoms with Gasteiger partial charge >= 0.3 is 0 Å². The number of ether oxygens (including phenoxy) is 2. The van der Waals surface area contributed by atoms with E-state index in [1.807, 2.05) is 6.92 Å². The third kappa shape index (κ3) is 6.40. The Balaban J connectivity index is 1.68. The van der Waals surface area contributed by atoms with E-state index in [2.05, 4.69) is 10.0 Å². The molecule has 3 rings (SSSR count). The summed E-state index contributed by atoms with van der Waals surface area (Å²) in [6.45, 7) is 3.62. The number of hydrogen-bond donors (Lipinski definition) is 2. The number of nitrogens with one attached hydrogen (secondary N) is 2. The lowest BCUT2D eigenvalue weighted by Crippen LogP contribution is -2.32. The number of rotatable bonds is 9. The van der Waals surface area contributed by atoms with E-state index in [1.54, 1.807) is 56.5 Å². The molecule has 0 aliphatic carbocycles. The molecular weight excluding hydrogens is 464 g/mol. The molecule has 7 nitrogen and oxygen atoms in total. The van der Waals surface area contributed by atoms with E-state index in [9.17, 15) is 13.2 Å². The van der Waals surface area contributed by atoms with Crippen molar-refractivity contribution in [2.24, 2.45) is 0 Å². The molecule has 0 radical (unpaired) electrons. The number of aryl methyl sites for hydroxylation is 1. The van der Waals surface area contributed by atoms with Crippen molar-refractivity contribution in [2.45, 2.75) is 31.3 Å². The minimum absolute atomic E-state index is 0.0551. The average molecular weight is 489 g/mol. The quantitative estimate of drug-likeness (QED) is 0.429. The highest BCUT2D eigenvalue weighted by atomic mass is 35.5. The fraction of sp³-hybridized carbons (Fsp3) is 0.208. The largest absolute Gasteiger partial charge is 0.497 e. The summed E-state index contributed by atoms with van der Waals surface area (Å²) in [7, 11) is -2.27. The zero-order valence-electron chi connectivity index (χ0n) is 18.5. The first-order chi connectivity index (χ1) is 15.7. The van der Waals surface area contributed by atoms with Crippen LogP contribution in [0, 0.1) is 6.92 Å². The summed E-state index contributed by atoms with van der Waals surface area (Å²) in [5, 5.41) is 3.19. The predicted molar refractivity (Wildman–Crippen MR) is 130 cm³/mol. The first-order valence-electron chi connectivity index (χ1n) is 10.2. The van der Waals surface area contributed by atoms with E-state index in [0.29, 0.717) is 34.3 Å². The molecule has 0 fully saturated rings. The smallest absolute Gasteiger partial charge is 0.265 e. The lowest BCUT2D eigenvalue weighted by atomic mass is 10.2. The Bertz CT molecular complexity index is 1230. The molecule has 9 heteroatoms. The number of hydrogen-bond acceptors (Lipinski definition) is 5. The summed E-state index contributed by atoms with van der Waals surface area (Å²) in [5.41, 5.74) is 1.60. The Labute approximate surface area is 198 Å². The van der Waals surface area contributed by atoms with Gasteiger partial charge in [0.15, 0.2) is 6.10 Å². The fourth-order valence-electron chi connectivity index (χ4n) is 3.01. The van der Waals surface area contributed by atoms with Gasteiger partial charge in [-0.2, -0.15) is 0 Å². The van der Waals surface area contributed by atoms with Gasteiger partial charge in [0.25, 0.3) is 15.9 Å². The van der Waals surface area contributed by atoms with Crippen molar-refractivity contribution < 1.29 is 22.7 Å². The van der Waals surface area contributed by atoms with Gasteiger partial charge in [0.2, 0.25) is 0 Å². The van der Waals surface area contributed by atoms with Crippen molar-refractivity contribution in [1.82, 2.24) is 0 Å². The van der Waals surface area contributed by atoms with Gasteiger partial charge in [-0.15, -0.1) is 0 Å². The highest BCUT2D eigenvalue weighted by Gasteiger charge is 2.20. The Morgan fingerprint density at radius 3 is 2.39 bits per heavy atom. The summed E-state index contributed by atoms with van der Waals surface area (Å²) >= 11 is 5.97. The van der Waals surface area contributed by atoms with Crippen LogP contribution in [0.1, 0.15) is 18.9 Å². The van der Waals surface area contributed by atoms with Crippen LogP contribution in [-0.2, 0) is 14.8 Å². The number of carbonyl (C=O) groups is 1. The lowest BCUT2D eigenvalue weighted by molar-refractivity contribution is -0.122. The van der Waals surface area contributed by atoms with Crippen molar-refractivity contribution in [3.05, 3.63) is 77.3 Å². The van der Waals surface area contributed by atoms with Gasteiger partial charge in [0, 0.05) is 16.8 Å². The third-order valence-corrected chi connectivity index (χ3v) is 6.48. The van der Waals surface area contributed by atoms with Crippen LogP contribution in [0.4, 0.5) is 11.4 Å². The molecule has 0 spiro atoms. The van der Waals surface area contributed by atoms with E-state index in [0.717, 1.165) is 5.56 Å². The molecule has 0 saturated carbocycles. The van der Waals surface area contributed by atoms with Crippen molar-refractivity contribution in [3.63, 3.8) is 0 Å². The first kappa shape index (κ1) is 24.4. The number of carbonyl (C=O) groups excluding carboxylic acids is 1. The maximum Gasteiger partial charge on any atom is 0.265 e. The molecule has 3 aromatic carbocycles. The minimum Gasteiger partial charge on any atom is -0.497 e. The highest BCUT2D eigenvalue weighted by Crippen LogP contribution is 2.25. The third-order valence-electron chi connectivity index (χ3n) is 4.86. The van der Waals surface area contributed by atoms with Gasteiger partial charge in [-0.3, -0.25) is 9.52 Å². The van der Waals surface area contributed by atoms with E-state index in [-0.39, 0.29) is 10.8 Å². The van der Waals surface area contributed by atoms with Crippen LogP contribution >= 0.6 is 11.6 Å². The summed E-state index contributed by atoms with van der Waals surface area (Å²) in [4.78, 5) is 12.7. The molecule has 0 heterocycles. The van der Waals surface area contributed by atoms with Gasteiger partial charge in [-0.1, -0.05) is 30.7 Å². The molecule has 0 aromatic heterocycles. The summed E-state index contributed by atoms with van der Waals surface area (Å²) < 4.78 is 39.0. The molecular formula is C24H25ClN2O5S. The van der Waals surface area contributed by atoms with E-state index in [4.69, 9.17) is 21.1 Å². The number of benzene rings is 3. The molecule has 0 aliphatic rings. The zero-order chi connectivity index (χ0) is 24.0. The number of halogens is 1. The molecule has 1 amide bonds. The van der Waals surface area contributed by atoms with E-state index >= 15 is 0 Å². The monoisotopic (exact) mass is 488 g/mol. The topological polar surface area (TPSA) is 93.7 Å². The molecule has 0 bridgehead atoms. The van der Waals surface area contributed by atoms with Gasteiger partial charge in [-0.25, -0.2) is 8.42 Å². The molecule has 1 atom stereocenters. The predicted octanol–water partition coefficient (Wildman–Crippen LogP) is 5.25. The zero-order valence-corrected chi connectivity index (χ0v) is 20.0. The van der Waals surface area contributed by atoms with Gasteiger partial charge in [0.1, 0.15) is 11.5 Å². The summed E-state index contributed by atoms with van der Waals surface area (Å²) in [6, 6.07) is 17.9. The molecule has 174 valence electrons. The Kier molecular flexibility index (Phi) is 7.84. The molecule has 3 aromatic rings. The van der Waals surface area contributed by atoms with Crippen molar-refractivity contribution in [1.29, 1.82) is 0 Å². The Hall–Kier alpha value is -3.23. The first-order valence-corrected chi connectivity index (χ1v) is 12.1. The number of anilines is 2. The molecule has 0 unspecified atom stereocenters. The maximum atomic E-state index is 12.7. The second-order valence-electron chi connectivity index (χ2n) is 7.27. The fourth-order valence-corrected chi connectivity index (χ4v) is 4.30. The van der Waals surface area contributed by atoms with Crippen LogP contribution < -0.4 is 19.5 Å². The lowest BCUT2D eigenvalue weighted by Gasteiger charge is -2.18. The van der Waals surface area contributed by atoms with Crippen LogP contribution in [0.2, 0.25) is 5.02 Å². The van der Waals surface area contributed by atoms with Crippen LogP contribution in [0.15, 0.2) is 71.6 Å². The standard InChI is InChI=1S/C24H25ClN2O5S/c1-4-23(32-20-7-5-6-19(15-20)31-3)24(28)26-18-10-12-21(13-11-18)33(29,30)27-22-14-17(25)9-8-16(22)2/h5-15,23,27H,4H2,1-3H3,(H,26,28)/t23-/m1/s1. The van der Waals surface area contributed by atoms with Crippen LogP contribution in [0.3, 0.4) is 0 Å². The SMILES string of the molecule is CC[C@@H](Oc1cccc(OC)c1)C(=O)Nc1ccc(S(=O)(=O)Nc2cc(Cl)ccc2C)cc1. The van der Waals surface area contributed by atoms with E-state index < -0.39 is 16.1 Å². The van der Waals surface area contributed by atoms with Crippen molar-refractivity contribution >= 4 is 38.9 Å². The average Bonchev–Trinajstić information content (AvgIpc) is 2.80. The summed E-state index contributed by atoms with van der Waals surface area (Å²) in [5.74, 6) is 0.796.